The minimum atomic E-state index is -3.60. The van der Waals surface area contributed by atoms with Gasteiger partial charge in [-0.1, -0.05) is 12.1 Å². The van der Waals surface area contributed by atoms with E-state index in [1.807, 2.05) is 24.3 Å². The fourth-order valence-corrected chi connectivity index (χ4v) is 6.80. The van der Waals surface area contributed by atoms with Crippen LogP contribution in [0.15, 0.2) is 61.5 Å². The smallest absolute Gasteiger partial charge is 0.408 e. The number of hydrogen-bond donors (Lipinski definition) is 0. The molecule has 0 radical (unpaired) electrons. The molecule has 32 heavy (non-hydrogen) atoms. The highest BCUT2D eigenvalue weighted by molar-refractivity contribution is 7.99. The summed E-state index contributed by atoms with van der Waals surface area (Å²) in [5.41, 5.74) is 1.59. The number of oxazole rings is 1. The van der Waals surface area contributed by atoms with Gasteiger partial charge in [0.2, 0.25) is 15.9 Å². The Morgan fingerprint density at radius 3 is 2.66 bits per heavy atom. The number of aromatic nitrogens is 1. The van der Waals surface area contributed by atoms with Crippen molar-refractivity contribution in [3.8, 4) is 0 Å². The third-order valence-corrected chi connectivity index (χ3v) is 8.86. The summed E-state index contributed by atoms with van der Waals surface area (Å²) in [6.07, 6.45) is 1.84. The number of fused-ring (bicyclic) bond motifs is 2. The molecule has 0 N–H and O–H groups in total. The van der Waals surface area contributed by atoms with Crippen LogP contribution in [0.2, 0.25) is 0 Å². The average molecular weight is 474 g/mol. The monoisotopic (exact) mass is 473 g/mol. The molecule has 1 saturated heterocycles. The second-order valence-corrected chi connectivity index (χ2v) is 10.9. The number of sulfonamides is 1. The van der Waals surface area contributed by atoms with Crippen LogP contribution in [0.1, 0.15) is 19.3 Å². The molecule has 1 aromatic heterocycles. The van der Waals surface area contributed by atoms with Crippen LogP contribution >= 0.6 is 11.8 Å². The van der Waals surface area contributed by atoms with Crippen molar-refractivity contribution in [3.05, 3.63) is 53.0 Å². The van der Waals surface area contributed by atoms with E-state index in [4.69, 9.17) is 4.42 Å². The summed E-state index contributed by atoms with van der Waals surface area (Å²) in [6.45, 7) is 1.80. The summed E-state index contributed by atoms with van der Waals surface area (Å²) in [5.74, 6) is 0.163. The highest BCUT2D eigenvalue weighted by atomic mass is 32.2. The number of rotatable bonds is 5. The van der Waals surface area contributed by atoms with Crippen LogP contribution in [0.3, 0.4) is 0 Å². The number of anilines is 1. The molecule has 1 amide bonds. The Morgan fingerprint density at radius 1 is 1.06 bits per heavy atom. The van der Waals surface area contributed by atoms with Crippen molar-refractivity contribution in [1.29, 1.82) is 0 Å². The van der Waals surface area contributed by atoms with Gasteiger partial charge in [0.1, 0.15) is 0 Å². The molecule has 5 rings (SSSR count). The zero-order chi connectivity index (χ0) is 22.3. The van der Waals surface area contributed by atoms with E-state index in [0.29, 0.717) is 25.2 Å². The summed E-state index contributed by atoms with van der Waals surface area (Å²) in [4.78, 5) is 28.3. The van der Waals surface area contributed by atoms with Crippen molar-refractivity contribution in [3.63, 3.8) is 0 Å². The SMILES string of the molecule is O=C(CCn1c(=O)oc2cc(S(=O)(=O)N3CCCC3)ccc21)N1CCSc2ccccc21. The number of carbonyl (C=O) groups excluding carboxylic acids is 1. The third-order valence-electron chi connectivity index (χ3n) is 5.92. The molecule has 0 unspecified atom stereocenters. The van der Waals surface area contributed by atoms with Gasteiger partial charge < -0.3 is 9.32 Å². The zero-order valence-electron chi connectivity index (χ0n) is 17.4. The highest BCUT2D eigenvalue weighted by Gasteiger charge is 2.28. The summed E-state index contributed by atoms with van der Waals surface area (Å²) in [6, 6.07) is 12.3. The Hall–Kier alpha value is -2.56. The van der Waals surface area contributed by atoms with E-state index < -0.39 is 15.8 Å². The molecule has 8 nitrogen and oxygen atoms in total. The van der Waals surface area contributed by atoms with Gasteiger partial charge in [-0.15, -0.1) is 11.8 Å². The van der Waals surface area contributed by atoms with Crippen molar-refractivity contribution in [2.24, 2.45) is 0 Å². The number of amides is 1. The van der Waals surface area contributed by atoms with Gasteiger partial charge in [0.15, 0.2) is 5.58 Å². The van der Waals surface area contributed by atoms with Gasteiger partial charge in [0.05, 0.1) is 16.1 Å². The first-order valence-electron chi connectivity index (χ1n) is 10.6. The lowest BCUT2D eigenvalue weighted by molar-refractivity contribution is -0.118. The maximum Gasteiger partial charge on any atom is 0.419 e. The number of para-hydroxylation sites is 1. The Morgan fingerprint density at radius 2 is 1.84 bits per heavy atom. The maximum atomic E-state index is 12.9. The number of hydrogen-bond acceptors (Lipinski definition) is 6. The molecule has 0 aliphatic carbocycles. The Kier molecular flexibility index (Phi) is 5.60. The van der Waals surface area contributed by atoms with Crippen LogP contribution in [0.25, 0.3) is 11.1 Å². The van der Waals surface area contributed by atoms with Crippen LogP contribution in [0, 0.1) is 0 Å². The van der Waals surface area contributed by atoms with Crippen LogP contribution in [0.5, 0.6) is 0 Å². The molecule has 3 aromatic rings. The lowest BCUT2D eigenvalue weighted by atomic mass is 10.2. The predicted octanol–water partition coefficient (Wildman–Crippen LogP) is 2.91. The van der Waals surface area contributed by atoms with Crippen molar-refractivity contribution >= 4 is 44.5 Å². The van der Waals surface area contributed by atoms with Crippen LogP contribution in [0.4, 0.5) is 5.69 Å². The maximum absolute atomic E-state index is 12.9. The molecule has 168 valence electrons. The molecule has 0 spiro atoms. The lowest BCUT2D eigenvalue weighted by Crippen LogP contribution is -2.36. The van der Waals surface area contributed by atoms with Crippen molar-refractivity contribution in [2.75, 3.05) is 30.3 Å². The zero-order valence-corrected chi connectivity index (χ0v) is 19.0. The molecule has 3 heterocycles. The van der Waals surface area contributed by atoms with Gasteiger partial charge in [-0.2, -0.15) is 4.31 Å². The first-order chi connectivity index (χ1) is 15.4. The molecule has 2 aliphatic rings. The number of carbonyl (C=O) groups is 1. The largest absolute Gasteiger partial charge is 0.419 e. The van der Waals surface area contributed by atoms with Crippen molar-refractivity contribution in [1.82, 2.24) is 8.87 Å². The van der Waals surface area contributed by atoms with E-state index in [-0.39, 0.29) is 29.4 Å². The standard InChI is InChI=1S/C22H23N3O5S2/c26-21(24-13-14-31-20-6-2-1-5-18(20)24)9-12-25-17-8-7-16(15-19(17)30-22(25)27)32(28,29)23-10-3-4-11-23/h1-2,5-8,15H,3-4,9-14H2. The first kappa shape index (κ1) is 21.3. The quantitative estimate of drug-likeness (QED) is 0.566. The summed E-state index contributed by atoms with van der Waals surface area (Å²) in [7, 11) is -3.60. The van der Waals surface area contributed by atoms with Gasteiger partial charge >= 0.3 is 5.76 Å². The van der Waals surface area contributed by atoms with E-state index in [1.54, 1.807) is 22.7 Å². The summed E-state index contributed by atoms with van der Waals surface area (Å²) >= 11 is 1.73. The molecule has 0 atom stereocenters. The van der Waals surface area contributed by atoms with Gasteiger partial charge in [-0.05, 0) is 37.1 Å². The fourth-order valence-electron chi connectivity index (χ4n) is 4.27. The number of thioether (sulfide) groups is 1. The minimum absolute atomic E-state index is 0.0627. The fraction of sp³-hybridized carbons (Fsp3) is 0.364. The molecular weight excluding hydrogens is 450 g/mol. The number of benzene rings is 2. The van der Waals surface area contributed by atoms with E-state index >= 15 is 0 Å². The topological polar surface area (TPSA) is 92.8 Å². The number of nitrogens with zero attached hydrogens (tertiary/aromatic N) is 3. The van der Waals surface area contributed by atoms with Crippen LogP contribution in [-0.2, 0) is 21.4 Å². The Bertz CT molecular complexity index is 1340. The molecule has 0 bridgehead atoms. The van der Waals surface area contributed by atoms with Gasteiger partial charge in [-0.3, -0.25) is 9.36 Å². The van der Waals surface area contributed by atoms with E-state index in [9.17, 15) is 18.0 Å². The molecular formula is C22H23N3O5S2. The molecule has 0 saturated carbocycles. The average Bonchev–Trinajstić information content (AvgIpc) is 3.45. The van der Waals surface area contributed by atoms with E-state index in [0.717, 1.165) is 29.2 Å². The van der Waals surface area contributed by atoms with Crippen LogP contribution < -0.4 is 10.7 Å². The van der Waals surface area contributed by atoms with E-state index in [1.165, 1.54) is 21.0 Å². The van der Waals surface area contributed by atoms with Gasteiger partial charge in [0.25, 0.3) is 0 Å². The lowest BCUT2D eigenvalue weighted by Gasteiger charge is -2.29. The highest BCUT2D eigenvalue weighted by Crippen LogP contribution is 2.34. The summed E-state index contributed by atoms with van der Waals surface area (Å²) in [5, 5.41) is 0. The van der Waals surface area contributed by atoms with Crippen LogP contribution in [-0.4, -0.2) is 48.6 Å². The Labute approximate surface area is 189 Å². The summed E-state index contributed by atoms with van der Waals surface area (Å²) < 4.78 is 33.8. The first-order valence-corrected chi connectivity index (χ1v) is 13.0. The Balaban J connectivity index is 1.37. The number of aryl methyl sites for hydroxylation is 1. The second kappa shape index (κ2) is 8.42. The predicted molar refractivity (Wildman–Crippen MR) is 123 cm³/mol. The van der Waals surface area contributed by atoms with Crippen molar-refractivity contribution < 1.29 is 17.6 Å². The van der Waals surface area contributed by atoms with Gasteiger partial charge in [0, 0.05) is 49.3 Å². The molecule has 2 aliphatic heterocycles. The normalized spacial score (nSPS) is 17.1. The minimum Gasteiger partial charge on any atom is -0.408 e. The molecule has 1 fully saturated rings. The third kappa shape index (κ3) is 3.76. The van der Waals surface area contributed by atoms with Gasteiger partial charge in [-0.25, -0.2) is 13.2 Å². The van der Waals surface area contributed by atoms with Crippen molar-refractivity contribution in [2.45, 2.75) is 35.6 Å². The second-order valence-electron chi connectivity index (χ2n) is 7.87. The molecule has 10 heteroatoms. The van der Waals surface area contributed by atoms with E-state index in [2.05, 4.69) is 0 Å². The molecule has 2 aromatic carbocycles.